The van der Waals surface area contributed by atoms with Crippen LogP contribution in [0.4, 0.5) is 10.2 Å². The van der Waals surface area contributed by atoms with Gasteiger partial charge >= 0.3 is 5.97 Å². The number of ether oxygens (including phenoxy) is 2. The van der Waals surface area contributed by atoms with Crippen molar-refractivity contribution in [2.45, 2.75) is 58.5 Å². The Labute approximate surface area is 209 Å². The van der Waals surface area contributed by atoms with Crippen molar-refractivity contribution in [3.63, 3.8) is 0 Å². The summed E-state index contributed by atoms with van der Waals surface area (Å²) in [6.07, 6.45) is 5.33. The van der Waals surface area contributed by atoms with Crippen molar-refractivity contribution in [2.75, 3.05) is 18.5 Å². The van der Waals surface area contributed by atoms with Crippen LogP contribution in [0.1, 0.15) is 51.5 Å². The van der Waals surface area contributed by atoms with Crippen molar-refractivity contribution >= 4 is 23.6 Å². The highest BCUT2D eigenvalue weighted by atomic mass is 19.1. The maximum atomic E-state index is 14.9. The number of esters is 1. The molecule has 0 spiro atoms. The smallest absolute Gasteiger partial charge is 0.302 e. The molecule has 0 saturated heterocycles. The van der Waals surface area contributed by atoms with Crippen molar-refractivity contribution in [1.29, 1.82) is 0 Å². The SMILES string of the molecule is CC(=O)OCCn1ccc(NC(=O)[C@H](CC(C)C)N2CC(Oc3cccc(C4CC4)c3F)=CC2=O)n1. The molecule has 4 rings (SSSR count). The first-order valence-corrected chi connectivity index (χ1v) is 12.2. The van der Waals surface area contributed by atoms with Crippen LogP contribution in [-0.2, 0) is 25.7 Å². The van der Waals surface area contributed by atoms with Crippen LogP contribution in [0.25, 0.3) is 0 Å². The zero-order chi connectivity index (χ0) is 25.8. The monoisotopic (exact) mass is 498 g/mol. The fourth-order valence-electron chi connectivity index (χ4n) is 4.16. The summed E-state index contributed by atoms with van der Waals surface area (Å²) >= 11 is 0. The molecule has 1 fully saturated rings. The average molecular weight is 499 g/mol. The second-order valence-corrected chi connectivity index (χ2v) is 9.55. The molecule has 0 radical (unpaired) electrons. The van der Waals surface area contributed by atoms with Crippen LogP contribution in [0.15, 0.2) is 42.3 Å². The van der Waals surface area contributed by atoms with Crippen molar-refractivity contribution < 1.29 is 28.2 Å². The predicted molar refractivity (Wildman–Crippen MR) is 130 cm³/mol. The number of benzene rings is 1. The predicted octanol–water partition coefficient (Wildman–Crippen LogP) is 3.62. The maximum absolute atomic E-state index is 14.9. The lowest BCUT2D eigenvalue weighted by Crippen LogP contribution is -2.46. The number of nitrogens with one attached hydrogen (secondary N) is 1. The molecule has 36 heavy (non-hydrogen) atoms. The Hall–Kier alpha value is -3.69. The fraction of sp³-hybridized carbons (Fsp3) is 0.462. The number of aromatic nitrogens is 2. The van der Waals surface area contributed by atoms with E-state index in [1.165, 1.54) is 17.9 Å². The van der Waals surface area contributed by atoms with Gasteiger partial charge in [0.1, 0.15) is 18.4 Å². The Bertz CT molecular complexity index is 1170. The molecule has 1 aliphatic carbocycles. The molecule has 2 aromatic rings. The van der Waals surface area contributed by atoms with E-state index < -0.39 is 11.9 Å². The molecule has 0 unspecified atom stereocenters. The van der Waals surface area contributed by atoms with Crippen LogP contribution in [0.3, 0.4) is 0 Å². The largest absolute Gasteiger partial charge is 0.464 e. The molecule has 10 heteroatoms. The van der Waals surface area contributed by atoms with E-state index in [9.17, 15) is 18.8 Å². The number of hydrogen-bond donors (Lipinski definition) is 1. The molecule has 1 saturated carbocycles. The van der Waals surface area contributed by atoms with E-state index >= 15 is 0 Å². The third-order valence-corrected chi connectivity index (χ3v) is 6.04. The lowest BCUT2D eigenvalue weighted by Gasteiger charge is -2.28. The molecular weight excluding hydrogens is 467 g/mol. The van der Waals surface area contributed by atoms with Gasteiger partial charge in [0, 0.05) is 25.3 Å². The normalized spacial score (nSPS) is 16.2. The Kier molecular flexibility index (Phi) is 7.71. The summed E-state index contributed by atoms with van der Waals surface area (Å²) in [5.74, 6) is -0.444. The van der Waals surface area contributed by atoms with E-state index in [2.05, 4.69) is 10.4 Å². The summed E-state index contributed by atoms with van der Waals surface area (Å²) in [6.45, 7) is 5.84. The molecule has 2 aliphatic rings. The molecular formula is C26H31FN4O5. The maximum Gasteiger partial charge on any atom is 0.302 e. The first-order chi connectivity index (χ1) is 17.2. The number of amides is 2. The summed E-state index contributed by atoms with van der Waals surface area (Å²) in [4.78, 5) is 38.4. The van der Waals surface area contributed by atoms with Gasteiger partial charge in [-0.2, -0.15) is 5.10 Å². The number of hydrogen-bond acceptors (Lipinski definition) is 6. The molecule has 192 valence electrons. The molecule has 1 aliphatic heterocycles. The fourth-order valence-corrected chi connectivity index (χ4v) is 4.16. The molecule has 2 amide bonds. The lowest BCUT2D eigenvalue weighted by molar-refractivity contribution is -0.141. The standard InChI is InChI=1S/C26H31FN4O5/c1-16(2)13-21(26(34)28-23-9-10-30(29-23)11-12-35-17(3)32)31-15-19(14-24(31)33)36-22-6-4-5-20(25(22)27)18-7-8-18/h4-6,9-10,14,16,18,21H,7-8,11-13,15H2,1-3H3,(H,28,29,34)/t21-/m0/s1. The van der Waals surface area contributed by atoms with Crippen molar-refractivity contribution in [3.8, 4) is 5.75 Å². The number of halogens is 1. The third kappa shape index (κ3) is 6.30. The first kappa shape index (κ1) is 25.4. The Balaban J connectivity index is 1.41. The molecule has 2 heterocycles. The number of carbonyl (C=O) groups is 3. The van der Waals surface area contributed by atoms with Crippen LogP contribution >= 0.6 is 0 Å². The van der Waals surface area contributed by atoms with Crippen LogP contribution in [0.2, 0.25) is 0 Å². The van der Waals surface area contributed by atoms with E-state index in [0.29, 0.717) is 30.1 Å². The van der Waals surface area contributed by atoms with Gasteiger partial charge in [-0.05, 0) is 42.7 Å². The summed E-state index contributed by atoms with van der Waals surface area (Å²) in [5.41, 5.74) is 0.638. The van der Waals surface area contributed by atoms with Gasteiger partial charge in [0.2, 0.25) is 5.91 Å². The quantitative estimate of drug-likeness (QED) is 0.475. The number of anilines is 1. The van der Waals surface area contributed by atoms with E-state index in [-0.39, 0.29) is 48.5 Å². The van der Waals surface area contributed by atoms with Gasteiger partial charge in [0.05, 0.1) is 13.1 Å². The summed E-state index contributed by atoms with van der Waals surface area (Å²) in [6, 6.07) is 5.93. The second kappa shape index (κ2) is 10.9. The third-order valence-electron chi connectivity index (χ3n) is 6.04. The first-order valence-electron chi connectivity index (χ1n) is 12.2. The van der Waals surface area contributed by atoms with Crippen molar-refractivity contribution in [1.82, 2.24) is 14.7 Å². The minimum absolute atomic E-state index is 0.0631. The Morgan fingerprint density at radius 3 is 2.72 bits per heavy atom. The molecule has 1 aromatic carbocycles. The van der Waals surface area contributed by atoms with E-state index in [1.54, 1.807) is 35.1 Å². The number of carbonyl (C=O) groups excluding carboxylic acids is 3. The highest BCUT2D eigenvalue weighted by molar-refractivity contribution is 5.99. The summed E-state index contributed by atoms with van der Waals surface area (Å²) < 4.78 is 27.1. The molecule has 9 nitrogen and oxygen atoms in total. The van der Waals surface area contributed by atoms with Crippen LogP contribution in [0, 0.1) is 11.7 Å². The molecule has 0 bridgehead atoms. The Morgan fingerprint density at radius 2 is 2.03 bits per heavy atom. The average Bonchev–Trinajstić information content (AvgIpc) is 3.46. The lowest BCUT2D eigenvalue weighted by atomic mass is 10.0. The van der Waals surface area contributed by atoms with Gasteiger partial charge in [-0.1, -0.05) is 26.0 Å². The van der Waals surface area contributed by atoms with Gasteiger partial charge in [-0.15, -0.1) is 0 Å². The van der Waals surface area contributed by atoms with Crippen molar-refractivity contribution in [2.24, 2.45) is 5.92 Å². The topological polar surface area (TPSA) is 103 Å². The van der Waals surface area contributed by atoms with Crippen LogP contribution in [0.5, 0.6) is 5.75 Å². The summed E-state index contributed by atoms with van der Waals surface area (Å²) in [5, 5.41) is 7.04. The zero-order valence-electron chi connectivity index (χ0n) is 20.7. The molecule has 1 atom stereocenters. The highest BCUT2D eigenvalue weighted by Gasteiger charge is 2.35. The van der Waals surface area contributed by atoms with Crippen LogP contribution < -0.4 is 10.1 Å². The molecule has 1 N–H and O–H groups in total. The minimum atomic E-state index is -0.760. The number of rotatable bonds is 11. The molecule has 1 aromatic heterocycles. The number of nitrogens with zero attached hydrogens (tertiary/aromatic N) is 3. The van der Waals surface area contributed by atoms with Gasteiger partial charge < -0.3 is 19.7 Å². The minimum Gasteiger partial charge on any atom is -0.464 e. The highest BCUT2D eigenvalue weighted by Crippen LogP contribution is 2.43. The Morgan fingerprint density at radius 1 is 1.25 bits per heavy atom. The van der Waals surface area contributed by atoms with Gasteiger partial charge in [-0.25, -0.2) is 4.39 Å². The zero-order valence-corrected chi connectivity index (χ0v) is 20.7. The summed E-state index contributed by atoms with van der Waals surface area (Å²) in [7, 11) is 0. The van der Waals surface area contributed by atoms with Gasteiger partial charge in [0.25, 0.3) is 5.91 Å². The van der Waals surface area contributed by atoms with Gasteiger partial charge in [0.15, 0.2) is 17.4 Å². The van der Waals surface area contributed by atoms with E-state index in [0.717, 1.165) is 12.8 Å². The van der Waals surface area contributed by atoms with Gasteiger partial charge in [-0.3, -0.25) is 19.1 Å². The second-order valence-electron chi connectivity index (χ2n) is 9.55. The van der Waals surface area contributed by atoms with E-state index in [4.69, 9.17) is 9.47 Å². The van der Waals surface area contributed by atoms with E-state index in [1.807, 2.05) is 13.8 Å². The van der Waals surface area contributed by atoms with Crippen molar-refractivity contribution in [3.05, 3.63) is 53.7 Å². The van der Waals surface area contributed by atoms with Crippen LogP contribution in [-0.4, -0.2) is 51.7 Å².